The summed E-state index contributed by atoms with van der Waals surface area (Å²) in [6.45, 7) is 3.11. The Bertz CT molecular complexity index is 696. The predicted octanol–water partition coefficient (Wildman–Crippen LogP) is 2.43. The van der Waals surface area contributed by atoms with Crippen LogP contribution in [0, 0.1) is 0 Å². The summed E-state index contributed by atoms with van der Waals surface area (Å²) in [6, 6.07) is 3.78. The van der Waals surface area contributed by atoms with Gasteiger partial charge < -0.3 is 4.42 Å². The smallest absolute Gasteiger partial charge is 0.235 e. The molecule has 7 heteroatoms. The lowest BCUT2D eigenvalue weighted by molar-refractivity contribution is 0.214. The van der Waals surface area contributed by atoms with Crippen molar-refractivity contribution in [1.29, 1.82) is 0 Å². The highest BCUT2D eigenvalue weighted by Gasteiger charge is 2.17. The van der Waals surface area contributed by atoms with Crippen LogP contribution < -0.4 is 0 Å². The highest BCUT2D eigenvalue weighted by atomic mass is 32.1. The summed E-state index contributed by atoms with van der Waals surface area (Å²) in [5, 5.41) is 13.9. The summed E-state index contributed by atoms with van der Waals surface area (Å²) in [5.41, 5.74) is 0. The second-order valence-corrected chi connectivity index (χ2v) is 5.99. The molecule has 3 aromatic rings. The van der Waals surface area contributed by atoms with E-state index in [1.165, 1.54) is 30.6 Å². The number of rotatable bonds is 3. The highest BCUT2D eigenvalue weighted by molar-refractivity contribution is 7.19. The lowest BCUT2D eigenvalue weighted by atomic mass is 10.1. The van der Waals surface area contributed by atoms with Gasteiger partial charge in [-0.15, -0.1) is 15.3 Å². The number of hydrogen-bond donors (Lipinski definition) is 0. The van der Waals surface area contributed by atoms with E-state index in [1.54, 1.807) is 6.26 Å². The standard InChI is InChI=1S/C13H15N5OS/c1-2-6-17(7-3-1)9-11-14-15-13-18(11)16-12(20-13)10-5-4-8-19-10/h4-5,8H,1-3,6-7,9H2. The number of hydrogen-bond acceptors (Lipinski definition) is 6. The molecule has 104 valence electrons. The van der Waals surface area contributed by atoms with Crippen LogP contribution in [0.1, 0.15) is 25.1 Å². The Morgan fingerprint density at radius 2 is 2.10 bits per heavy atom. The largest absolute Gasteiger partial charge is 0.462 e. The van der Waals surface area contributed by atoms with Crippen molar-refractivity contribution in [3.8, 4) is 10.8 Å². The number of likely N-dealkylation sites (tertiary alicyclic amines) is 1. The summed E-state index contributed by atoms with van der Waals surface area (Å²) in [6.07, 6.45) is 5.55. The normalized spacial score (nSPS) is 17.0. The van der Waals surface area contributed by atoms with E-state index >= 15 is 0 Å². The number of aromatic nitrogens is 4. The van der Waals surface area contributed by atoms with Crippen LogP contribution in [0.25, 0.3) is 15.7 Å². The minimum Gasteiger partial charge on any atom is -0.462 e. The van der Waals surface area contributed by atoms with E-state index in [4.69, 9.17) is 4.42 Å². The summed E-state index contributed by atoms with van der Waals surface area (Å²) in [7, 11) is 0. The highest BCUT2D eigenvalue weighted by Crippen LogP contribution is 2.26. The van der Waals surface area contributed by atoms with Gasteiger partial charge in [-0.2, -0.15) is 4.52 Å². The maximum absolute atomic E-state index is 5.38. The molecule has 4 rings (SSSR count). The van der Waals surface area contributed by atoms with Crippen molar-refractivity contribution in [2.45, 2.75) is 25.8 Å². The molecule has 1 saturated heterocycles. The quantitative estimate of drug-likeness (QED) is 0.741. The lowest BCUT2D eigenvalue weighted by Crippen LogP contribution is -2.30. The van der Waals surface area contributed by atoms with Crippen LogP contribution in [0.15, 0.2) is 22.8 Å². The average molecular weight is 289 g/mol. The molecule has 0 unspecified atom stereocenters. The monoisotopic (exact) mass is 289 g/mol. The molecule has 0 atom stereocenters. The Morgan fingerprint density at radius 1 is 1.20 bits per heavy atom. The van der Waals surface area contributed by atoms with Crippen molar-refractivity contribution >= 4 is 16.3 Å². The number of fused-ring (bicyclic) bond motifs is 1. The second kappa shape index (κ2) is 4.99. The van der Waals surface area contributed by atoms with Crippen LogP contribution in [0.2, 0.25) is 0 Å². The van der Waals surface area contributed by atoms with E-state index in [-0.39, 0.29) is 0 Å². The Hall–Kier alpha value is -1.73. The first-order chi connectivity index (χ1) is 9.90. The Balaban J connectivity index is 1.63. The number of furan rings is 1. The van der Waals surface area contributed by atoms with Gasteiger partial charge in [0.1, 0.15) is 0 Å². The molecule has 0 radical (unpaired) electrons. The number of piperidine rings is 1. The van der Waals surface area contributed by atoms with E-state index in [1.807, 2.05) is 16.6 Å². The van der Waals surface area contributed by atoms with E-state index in [0.29, 0.717) is 0 Å². The van der Waals surface area contributed by atoms with Crippen LogP contribution in [0.3, 0.4) is 0 Å². The molecular weight excluding hydrogens is 274 g/mol. The summed E-state index contributed by atoms with van der Waals surface area (Å²) in [4.78, 5) is 3.25. The number of nitrogens with zero attached hydrogens (tertiary/aromatic N) is 5. The summed E-state index contributed by atoms with van der Waals surface area (Å²) in [5.74, 6) is 1.69. The van der Waals surface area contributed by atoms with Gasteiger partial charge >= 0.3 is 0 Å². The van der Waals surface area contributed by atoms with Gasteiger partial charge in [0.25, 0.3) is 0 Å². The predicted molar refractivity (Wildman–Crippen MR) is 75.5 cm³/mol. The molecule has 0 saturated carbocycles. The molecule has 0 aromatic carbocycles. The Morgan fingerprint density at radius 3 is 2.90 bits per heavy atom. The minimum atomic E-state index is 0.782. The van der Waals surface area contributed by atoms with Crippen molar-refractivity contribution in [3.63, 3.8) is 0 Å². The van der Waals surface area contributed by atoms with Crippen LogP contribution >= 0.6 is 11.3 Å². The first-order valence-corrected chi connectivity index (χ1v) is 7.69. The molecular formula is C13H15N5OS. The molecule has 1 aliphatic rings. The SMILES string of the molecule is c1coc(-c2nn3c(CN4CCCCC4)nnc3s2)c1. The van der Waals surface area contributed by atoms with Gasteiger partial charge in [-0.3, -0.25) is 4.90 Å². The molecule has 1 fully saturated rings. The van der Waals surface area contributed by atoms with Crippen LogP contribution in [-0.4, -0.2) is 37.8 Å². The third kappa shape index (κ3) is 2.12. The second-order valence-electron chi connectivity index (χ2n) is 5.03. The summed E-state index contributed by atoms with van der Waals surface area (Å²) < 4.78 is 7.23. The van der Waals surface area contributed by atoms with Gasteiger partial charge in [-0.05, 0) is 38.1 Å². The van der Waals surface area contributed by atoms with Gasteiger partial charge in [-0.1, -0.05) is 17.8 Å². The first kappa shape index (κ1) is 12.0. The van der Waals surface area contributed by atoms with Gasteiger partial charge in [0.2, 0.25) is 4.96 Å². The third-order valence-electron chi connectivity index (χ3n) is 3.60. The molecule has 20 heavy (non-hydrogen) atoms. The minimum absolute atomic E-state index is 0.782. The molecule has 4 heterocycles. The first-order valence-electron chi connectivity index (χ1n) is 6.87. The fourth-order valence-electron chi connectivity index (χ4n) is 2.57. The van der Waals surface area contributed by atoms with Crippen molar-refractivity contribution in [2.24, 2.45) is 0 Å². The van der Waals surface area contributed by atoms with Crippen molar-refractivity contribution < 1.29 is 4.42 Å². The van der Waals surface area contributed by atoms with E-state index in [9.17, 15) is 0 Å². The van der Waals surface area contributed by atoms with Gasteiger partial charge in [0, 0.05) is 0 Å². The zero-order chi connectivity index (χ0) is 13.4. The molecule has 0 bridgehead atoms. The van der Waals surface area contributed by atoms with Crippen molar-refractivity contribution in [3.05, 3.63) is 24.2 Å². The summed E-state index contributed by atoms with van der Waals surface area (Å²) >= 11 is 1.50. The van der Waals surface area contributed by atoms with Gasteiger partial charge in [0.15, 0.2) is 16.6 Å². The topological polar surface area (TPSA) is 59.5 Å². The fraction of sp³-hybridized carbons (Fsp3) is 0.462. The zero-order valence-corrected chi connectivity index (χ0v) is 11.8. The van der Waals surface area contributed by atoms with E-state index in [2.05, 4.69) is 20.2 Å². The Labute approximate surface area is 120 Å². The van der Waals surface area contributed by atoms with Gasteiger partial charge in [-0.25, -0.2) is 0 Å². The molecule has 0 aliphatic carbocycles. The fourth-order valence-corrected chi connectivity index (χ4v) is 3.40. The van der Waals surface area contributed by atoms with E-state index in [0.717, 1.165) is 41.2 Å². The third-order valence-corrected chi connectivity index (χ3v) is 4.51. The zero-order valence-electron chi connectivity index (χ0n) is 11.0. The van der Waals surface area contributed by atoms with Crippen LogP contribution in [0.4, 0.5) is 0 Å². The van der Waals surface area contributed by atoms with Crippen molar-refractivity contribution in [1.82, 2.24) is 24.7 Å². The van der Waals surface area contributed by atoms with Crippen molar-refractivity contribution in [2.75, 3.05) is 13.1 Å². The average Bonchev–Trinajstić information content (AvgIpc) is 3.17. The molecule has 6 nitrogen and oxygen atoms in total. The Kier molecular flexibility index (Phi) is 3.00. The molecule has 0 spiro atoms. The van der Waals surface area contributed by atoms with Crippen LogP contribution in [-0.2, 0) is 6.54 Å². The van der Waals surface area contributed by atoms with E-state index < -0.39 is 0 Å². The molecule has 0 amide bonds. The molecule has 1 aliphatic heterocycles. The maximum Gasteiger partial charge on any atom is 0.235 e. The lowest BCUT2D eigenvalue weighted by Gasteiger charge is -2.25. The molecule has 3 aromatic heterocycles. The van der Waals surface area contributed by atoms with Gasteiger partial charge in [0.05, 0.1) is 12.8 Å². The van der Waals surface area contributed by atoms with Crippen LogP contribution in [0.5, 0.6) is 0 Å². The molecule has 0 N–H and O–H groups in total. The maximum atomic E-state index is 5.38.